The highest BCUT2D eigenvalue weighted by atomic mass is 16.5. The summed E-state index contributed by atoms with van der Waals surface area (Å²) in [4.78, 5) is 12.6. The minimum absolute atomic E-state index is 0.259. The molecule has 0 radical (unpaired) electrons. The van der Waals surface area contributed by atoms with E-state index in [1.807, 2.05) is 48.5 Å². The van der Waals surface area contributed by atoms with Gasteiger partial charge in [-0.05, 0) is 37.1 Å². The van der Waals surface area contributed by atoms with Gasteiger partial charge in [0.05, 0.1) is 24.9 Å². The number of hydrogen-bond donors (Lipinski definition) is 2. The number of rotatable bonds is 7. The maximum absolute atomic E-state index is 12.6. The molecule has 3 rings (SSSR count). The lowest BCUT2D eigenvalue weighted by Gasteiger charge is -2.29. The summed E-state index contributed by atoms with van der Waals surface area (Å²) in [5.74, 6) is 1.76. The number of hydrogen-bond acceptors (Lipinski definition) is 4. The van der Waals surface area contributed by atoms with E-state index in [2.05, 4.69) is 10.6 Å². The molecule has 2 amide bonds. The average molecular weight is 370 g/mol. The van der Waals surface area contributed by atoms with E-state index in [1.165, 1.54) is 0 Å². The molecule has 0 aliphatic heterocycles. The van der Waals surface area contributed by atoms with Gasteiger partial charge in [0.15, 0.2) is 17.2 Å². The SMILES string of the molecule is COCC1(NC(=O)Nc2ccccc2Oc2ccccc2OC)CCCC1. The Bertz CT molecular complexity index is 772. The van der Waals surface area contributed by atoms with Gasteiger partial charge in [-0.3, -0.25) is 0 Å². The Hall–Kier alpha value is -2.73. The fourth-order valence-electron chi connectivity index (χ4n) is 3.51. The summed E-state index contributed by atoms with van der Waals surface area (Å²) in [6.07, 6.45) is 4.04. The normalized spacial score (nSPS) is 15.2. The highest BCUT2D eigenvalue weighted by Gasteiger charge is 2.35. The number of carbonyl (C=O) groups is 1. The number of urea groups is 1. The number of anilines is 1. The second-order valence-corrected chi connectivity index (χ2v) is 6.75. The Balaban J connectivity index is 1.73. The van der Waals surface area contributed by atoms with Crippen LogP contribution in [0.4, 0.5) is 10.5 Å². The van der Waals surface area contributed by atoms with Gasteiger partial charge < -0.3 is 24.8 Å². The fourth-order valence-corrected chi connectivity index (χ4v) is 3.51. The third-order valence-electron chi connectivity index (χ3n) is 4.78. The van der Waals surface area contributed by atoms with Crippen molar-refractivity contribution < 1.29 is 19.0 Å². The van der Waals surface area contributed by atoms with Gasteiger partial charge in [-0.1, -0.05) is 37.1 Å². The summed E-state index contributed by atoms with van der Waals surface area (Å²) in [6.45, 7) is 0.514. The Morgan fingerprint density at radius 3 is 2.26 bits per heavy atom. The quantitative estimate of drug-likeness (QED) is 0.749. The molecule has 6 nitrogen and oxygen atoms in total. The van der Waals surface area contributed by atoms with Crippen molar-refractivity contribution in [2.24, 2.45) is 0 Å². The second kappa shape index (κ2) is 8.77. The van der Waals surface area contributed by atoms with Crippen molar-refractivity contribution in [2.75, 3.05) is 26.1 Å². The first-order valence-corrected chi connectivity index (χ1v) is 9.14. The van der Waals surface area contributed by atoms with Crippen LogP contribution in [0.2, 0.25) is 0 Å². The molecule has 2 aromatic rings. The molecule has 1 aliphatic carbocycles. The number of ether oxygens (including phenoxy) is 3. The molecular formula is C21H26N2O4. The Morgan fingerprint density at radius 1 is 0.963 bits per heavy atom. The smallest absolute Gasteiger partial charge is 0.319 e. The first-order valence-electron chi connectivity index (χ1n) is 9.14. The van der Waals surface area contributed by atoms with Gasteiger partial charge in [-0.2, -0.15) is 0 Å². The molecule has 1 saturated carbocycles. The van der Waals surface area contributed by atoms with Crippen molar-refractivity contribution in [1.82, 2.24) is 5.32 Å². The molecular weight excluding hydrogens is 344 g/mol. The van der Waals surface area contributed by atoms with Crippen LogP contribution in [0, 0.1) is 0 Å². The Morgan fingerprint density at radius 2 is 1.59 bits per heavy atom. The second-order valence-electron chi connectivity index (χ2n) is 6.75. The molecule has 0 heterocycles. The molecule has 0 spiro atoms. The number of amides is 2. The predicted molar refractivity (Wildman–Crippen MR) is 105 cm³/mol. The molecule has 0 aromatic heterocycles. The average Bonchev–Trinajstić information content (AvgIpc) is 3.12. The van der Waals surface area contributed by atoms with Crippen molar-refractivity contribution in [3.63, 3.8) is 0 Å². The number of para-hydroxylation sites is 4. The van der Waals surface area contributed by atoms with E-state index in [0.717, 1.165) is 25.7 Å². The van der Waals surface area contributed by atoms with E-state index < -0.39 is 0 Å². The Kier molecular flexibility index (Phi) is 6.19. The van der Waals surface area contributed by atoms with E-state index in [4.69, 9.17) is 14.2 Å². The van der Waals surface area contributed by atoms with Crippen LogP contribution in [0.1, 0.15) is 25.7 Å². The summed E-state index contributed by atoms with van der Waals surface area (Å²) in [5, 5.41) is 6.01. The molecule has 144 valence electrons. The van der Waals surface area contributed by atoms with Crippen LogP contribution in [-0.2, 0) is 4.74 Å². The van der Waals surface area contributed by atoms with Crippen LogP contribution in [0.5, 0.6) is 17.2 Å². The zero-order valence-electron chi connectivity index (χ0n) is 15.8. The van der Waals surface area contributed by atoms with Crippen molar-refractivity contribution in [3.8, 4) is 17.2 Å². The minimum atomic E-state index is -0.294. The molecule has 2 aromatic carbocycles. The van der Waals surface area contributed by atoms with Crippen molar-refractivity contribution in [1.29, 1.82) is 0 Å². The maximum atomic E-state index is 12.6. The maximum Gasteiger partial charge on any atom is 0.319 e. The Labute approximate surface area is 159 Å². The molecule has 0 bridgehead atoms. The van der Waals surface area contributed by atoms with Gasteiger partial charge in [0, 0.05) is 7.11 Å². The zero-order valence-corrected chi connectivity index (χ0v) is 15.8. The van der Waals surface area contributed by atoms with Crippen LogP contribution in [0.3, 0.4) is 0 Å². The van der Waals surface area contributed by atoms with Gasteiger partial charge >= 0.3 is 6.03 Å². The van der Waals surface area contributed by atoms with Crippen molar-refractivity contribution in [3.05, 3.63) is 48.5 Å². The zero-order chi connectivity index (χ0) is 19.1. The van der Waals surface area contributed by atoms with E-state index in [0.29, 0.717) is 29.5 Å². The predicted octanol–water partition coefficient (Wildman–Crippen LogP) is 4.57. The summed E-state index contributed by atoms with van der Waals surface area (Å²) in [6, 6.07) is 14.5. The largest absolute Gasteiger partial charge is 0.493 e. The molecule has 0 saturated heterocycles. The first kappa shape index (κ1) is 19.0. The molecule has 1 fully saturated rings. The number of methoxy groups -OCH3 is 2. The van der Waals surface area contributed by atoms with Gasteiger partial charge in [0.1, 0.15) is 0 Å². The standard InChI is InChI=1S/C21H26N2O4/c1-25-15-21(13-7-8-14-21)23-20(24)22-16-9-3-4-10-17(16)27-19-12-6-5-11-18(19)26-2/h3-6,9-12H,7-8,13-15H2,1-2H3,(H2,22,23,24). The van der Waals surface area contributed by atoms with Crippen LogP contribution in [0.15, 0.2) is 48.5 Å². The molecule has 0 unspecified atom stereocenters. The van der Waals surface area contributed by atoms with E-state index in [-0.39, 0.29) is 11.6 Å². The third-order valence-corrected chi connectivity index (χ3v) is 4.78. The molecule has 1 aliphatic rings. The molecule has 2 N–H and O–H groups in total. The highest BCUT2D eigenvalue weighted by molar-refractivity contribution is 5.91. The van der Waals surface area contributed by atoms with Crippen molar-refractivity contribution in [2.45, 2.75) is 31.2 Å². The molecule has 27 heavy (non-hydrogen) atoms. The lowest BCUT2D eigenvalue weighted by atomic mass is 9.99. The first-order chi connectivity index (χ1) is 13.2. The van der Waals surface area contributed by atoms with Crippen LogP contribution in [0.25, 0.3) is 0 Å². The fraction of sp³-hybridized carbons (Fsp3) is 0.381. The monoisotopic (exact) mass is 370 g/mol. The van der Waals surface area contributed by atoms with E-state index >= 15 is 0 Å². The van der Waals surface area contributed by atoms with Gasteiger partial charge in [-0.15, -0.1) is 0 Å². The number of carbonyl (C=O) groups excluding carboxylic acids is 1. The lowest BCUT2D eigenvalue weighted by molar-refractivity contribution is 0.117. The van der Waals surface area contributed by atoms with E-state index in [1.54, 1.807) is 14.2 Å². The summed E-state index contributed by atoms with van der Waals surface area (Å²) in [7, 11) is 3.26. The summed E-state index contributed by atoms with van der Waals surface area (Å²) < 4.78 is 16.6. The van der Waals surface area contributed by atoms with Crippen LogP contribution >= 0.6 is 0 Å². The minimum Gasteiger partial charge on any atom is -0.493 e. The highest BCUT2D eigenvalue weighted by Crippen LogP contribution is 2.35. The molecule has 0 atom stereocenters. The van der Waals surface area contributed by atoms with Crippen molar-refractivity contribution >= 4 is 11.7 Å². The summed E-state index contributed by atoms with van der Waals surface area (Å²) >= 11 is 0. The van der Waals surface area contributed by atoms with Gasteiger partial charge in [0.2, 0.25) is 0 Å². The molecule has 6 heteroatoms. The van der Waals surface area contributed by atoms with Gasteiger partial charge in [0.25, 0.3) is 0 Å². The number of benzene rings is 2. The summed E-state index contributed by atoms with van der Waals surface area (Å²) in [5.41, 5.74) is 0.295. The van der Waals surface area contributed by atoms with Crippen LogP contribution < -0.4 is 20.1 Å². The third kappa shape index (κ3) is 4.71. The van der Waals surface area contributed by atoms with Crippen LogP contribution in [-0.4, -0.2) is 32.4 Å². The topological polar surface area (TPSA) is 68.8 Å². The van der Waals surface area contributed by atoms with Gasteiger partial charge in [-0.25, -0.2) is 4.79 Å². The lowest BCUT2D eigenvalue weighted by Crippen LogP contribution is -2.51. The number of nitrogens with one attached hydrogen (secondary N) is 2. The van der Waals surface area contributed by atoms with E-state index in [9.17, 15) is 4.79 Å².